The first-order valence-electron chi connectivity index (χ1n) is 7.82. The summed E-state index contributed by atoms with van der Waals surface area (Å²) in [5.41, 5.74) is -0.789. The molecule has 0 aliphatic carbocycles. The molecule has 3 rings (SSSR count). The van der Waals surface area contributed by atoms with Crippen molar-refractivity contribution in [1.82, 2.24) is 14.9 Å². The van der Waals surface area contributed by atoms with Crippen molar-refractivity contribution in [3.05, 3.63) is 29.2 Å². The Balaban J connectivity index is 1.98. The second kappa shape index (κ2) is 5.84. The molecule has 0 radical (unpaired) electrons. The van der Waals surface area contributed by atoms with E-state index in [2.05, 4.69) is 23.8 Å². The Morgan fingerprint density at radius 3 is 2.54 bits per heavy atom. The highest BCUT2D eigenvalue weighted by molar-refractivity contribution is 6.30. The molecule has 0 unspecified atom stereocenters. The van der Waals surface area contributed by atoms with Gasteiger partial charge in [0.2, 0.25) is 5.67 Å². The minimum Gasteiger partial charge on any atom is -0.348 e. The topological polar surface area (TPSA) is 49.3 Å². The van der Waals surface area contributed by atoms with E-state index < -0.39 is 11.6 Å². The van der Waals surface area contributed by atoms with Gasteiger partial charge >= 0.3 is 0 Å². The van der Waals surface area contributed by atoms with E-state index in [1.807, 2.05) is 6.07 Å². The van der Waals surface area contributed by atoms with Crippen LogP contribution >= 0.6 is 11.6 Å². The van der Waals surface area contributed by atoms with E-state index in [1.54, 1.807) is 31.4 Å². The molecule has 1 amide bonds. The number of nitrogens with zero attached hydrogens (tertiary/aromatic N) is 4. The zero-order valence-electron chi connectivity index (χ0n) is 14.2. The minimum atomic E-state index is -1.85. The van der Waals surface area contributed by atoms with Crippen molar-refractivity contribution >= 4 is 34.1 Å². The quantitative estimate of drug-likeness (QED) is 0.798. The van der Waals surface area contributed by atoms with Gasteiger partial charge in [0.15, 0.2) is 0 Å². The molecule has 1 aliphatic rings. The summed E-state index contributed by atoms with van der Waals surface area (Å²) >= 11 is 6.04. The Bertz CT molecular complexity index is 803. The zero-order valence-corrected chi connectivity index (χ0v) is 14.9. The van der Waals surface area contributed by atoms with Crippen LogP contribution < -0.4 is 4.90 Å². The maximum atomic E-state index is 14.7. The van der Waals surface area contributed by atoms with E-state index in [4.69, 9.17) is 11.6 Å². The van der Waals surface area contributed by atoms with Gasteiger partial charge in [-0.25, -0.2) is 14.4 Å². The van der Waals surface area contributed by atoms with Crippen LogP contribution in [0.3, 0.4) is 0 Å². The van der Waals surface area contributed by atoms with Crippen molar-refractivity contribution in [2.24, 2.45) is 0 Å². The molecule has 1 saturated heterocycles. The summed E-state index contributed by atoms with van der Waals surface area (Å²) in [4.78, 5) is 23.6. The van der Waals surface area contributed by atoms with Gasteiger partial charge in [-0.1, -0.05) is 25.4 Å². The van der Waals surface area contributed by atoms with E-state index in [0.29, 0.717) is 11.0 Å². The predicted octanol–water partition coefficient (Wildman–Crippen LogP) is 3.02. The largest absolute Gasteiger partial charge is 0.348 e. The molecular weight excluding hydrogens is 331 g/mol. The third-order valence-corrected chi connectivity index (χ3v) is 4.55. The maximum absolute atomic E-state index is 14.7. The number of hydrogen-bond acceptors (Lipinski definition) is 4. The van der Waals surface area contributed by atoms with Gasteiger partial charge in [0.25, 0.3) is 5.91 Å². The first kappa shape index (κ1) is 16.9. The van der Waals surface area contributed by atoms with Crippen LogP contribution in [0.5, 0.6) is 0 Å². The predicted molar refractivity (Wildman–Crippen MR) is 93.4 cm³/mol. The van der Waals surface area contributed by atoms with Crippen molar-refractivity contribution in [3.8, 4) is 0 Å². The van der Waals surface area contributed by atoms with E-state index in [-0.39, 0.29) is 19.0 Å². The van der Waals surface area contributed by atoms with E-state index >= 15 is 0 Å². The third kappa shape index (κ3) is 2.69. The average molecular weight is 351 g/mol. The number of fused-ring (bicyclic) bond motifs is 1. The van der Waals surface area contributed by atoms with Gasteiger partial charge in [0, 0.05) is 31.9 Å². The smallest absolute Gasteiger partial charge is 0.263 e. The fraction of sp³-hybridized carbons (Fsp3) is 0.471. The number of amides is 1. The second-order valence-corrected chi connectivity index (χ2v) is 7.15. The van der Waals surface area contributed by atoms with Crippen LogP contribution in [0.4, 0.5) is 10.2 Å². The van der Waals surface area contributed by atoms with Gasteiger partial charge in [-0.2, -0.15) is 0 Å². The maximum Gasteiger partial charge on any atom is 0.263 e. The summed E-state index contributed by atoms with van der Waals surface area (Å²) in [6, 6.07) is 1.81. The van der Waals surface area contributed by atoms with Gasteiger partial charge in [0.05, 0.1) is 13.1 Å². The SMILES string of the molecule is CC(C)c1cnc(N2CC(F)(C(=O)N(C)C)C2)c2cnc(Cl)cc12. The van der Waals surface area contributed by atoms with E-state index in [9.17, 15) is 9.18 Å². The van der Waals surface area contributed by atoms with Gasteiger partial charge in [-0.05, 0) is 22.9 Å². The molecule has 0 saturated carbocycles. The first-order valence-corrected chi connectivity index (χ1v) is 8.20. The summed E-state index contributed by atoms with van der Waals surface area (Å²) in [5, 5.41) is 2.20. The molecule has 3 heterocycles. The highest BCUT2D eigenvalue weighted by atomic mass is 35.5. The van der Waals surface area contributed by atoms with Crippen LogP contribution in [0.1, 0.15) is 25.3 Å². The Morgan fingerprint density at radius 2 is 1.96 bits per heavy atom. The van der Waals surface area contributed by atoms with Crippen molar-refractivity contribution < 1.29 is 9.18 Å². The Morgan fingerprint density at radius 1 is 1.29 bits per heavy atom. The first-order chi connectivity index (χ1) is 11.2. The normalized spacial score (nSPS) is 16.4. The number of hydrogen-bond donors (Lipinski definition) is 0. The third-order valence-electron chi connectivity index (χ3n) is 4.34. The molecule has 2 aromatic heterocycles. The molecule has 128 valence electrons. The fourth-order valence-corrected chi connectivity index (χ4v) is 3.23. The summed E-state index contributed by atoms with van der Waals surface area (Å²) in [6.07, 6.45) is 3.46. The average Bonchev–Trinajstić information content (AvgIpc) is 2.49. The number of carbonyl (C=O) groups is 1. The Labute approximate surface area is 145 Å². The zero-order chi connectivity index (χ0) is 17.6. The molecule has 0 atom stereocenters. The second-order valence-electron chi connectivity index (χ2n) is 6.77. The summed E-state index contributed by atoms with van der Waals surface area (Å²) in [5.74, 6) is 0.404. The Hall–Kier alpha value is -1.95. The molecular formula is C17H20ClFN4O. The number of rotatable bonds is 3. The van der Waals surface area contributed by atoms with Gasteiger partial charge < -0.3 is 9.80 Å². The van der Waals surface area contributed by atoms with Crippen LogP contribution in [0.15, 0.2) is 18.5 Å². The van der Waals surface area contributed by atoms with E-state index in [0.717, 1.165) is 16.3 Å². The molecule has 0 spiro atoms. The molecule has 1 fully saturated rings. The van der Waals surface area contributed by atoms with Crippen LogP contribution in [0, 0.1) is 0 Å². The lowest BCUT2D eigenvalue weighted by molar-refractivity contribution is -0.143. The van der Waals surface area contributed by atoms with Crippen molar-refractivity contribution in [1.29, 1.82) is 0 Å². The molecule has 24 heavy (non-hydrogen) atoms. The van der Waals surface area contributed by atoms with Crippen molar-refractivity contribution in [2.75, 3.05) is 32.1 Å². The highest BCUT2D eigenvalue weighted by Crippen LogP contribution is 2.37. The van der Waals surface area contributed by atoms with Crippen molar-refractivity contribution in [2.45, 2.75) is 25.4 Å². The fourth-order valence-electron chi connectivity index (χ4n) is 3.07. The van der Waals surface area contributed by atoms with Crippen LogP contribution in [0.25, 0.3) is 10.8 Å². The molecule has 2 aromatic rings. The standard InChI is InChI=1S/C17H20ClFN4O/c1-10(2)12-6-21-15(13-7-20-14(18)5-11(12)13)23-8-17(19,9-23)16(24)22(3)4/h5-7,10H,8-9H2,1-4H3. The summed E-state index contributed by atoms with van der Waals surface area (Å²) < 4.78 is 14.7. The lowest BCUT2D eigenvalue weighted by Crippen LogP contribution is -2.66. The summed E-state index contributed by atoms with van der Waals surface area (Å²) in [6.45, 7) is 4.15. The molecule has 0 N–H and O–H groups in total. The number of halogens is 2. The number of alkyl halides is 1. The minimum absolute atomic E-state index is 0.00420. The number of aromatic nitrogens is 2. The lowest BCUT2D eigenvalue weighted by Gasteiger charge is -2.45. The summed E-state index contributed by atoms with van der Waals surface area (Å²) in [7, 11) is 3.12. The van der Waals surface area contributed by atoms with Crippen LogP contribution in [-0.2, 0) is 4.79 Å². The number of pyridine rings is 2. The molecule has 5 nitrogen and oxygen atoms in total. The van der Waals surface area contributed by atoms with Crippen LogP contribution in [-0.4, -0.2) is 53.6 Å². The van der Waals surface area contributed by atoms with Gasteiger partial charge in [-0.15, -0.1) is 0 Å². The van der Waals surface area contributed by atoms with Crippen molar-refractivity contribution in [3.63, 3.8) is 0 Å². The molecule has 0 bridgehead atoms. The number of anilines is 1. The molecule has 0 aromatic carbocycles. The highest BCUT2D eigenvalue weighted by Gasteiger charge is 2.51. The van der Waals surface area contributed by atoms with Crippen LogP contribution in [0.2, 0.25) is 5.15 Å². The van der Waals surface area contributed by atoms with Gasteiger partial charge in [0.1, 0.15) is 11.0 Å². The van der Waals surface area contributed by atoms with Gasteiger partial charge in [-0.3, -0.25) is 4.79 Å². The molecule has 7 heteroatoms. The Kier molecular flexibility index (Phi) is 4.11. The lowest BCUT2D eigenvalue weighted by atomic mass is 9.93. The molecule has 1 aliphatic heterocycles. The monoisotopic (exact) mass is 350 g/mol. The number of carbonyl (C=O) groups excluding carboxylic acids is 1. The van der Waals surface area contributed by atoms with E-state index in [1.165, 1.54) is 4.90 Å².